The summed E-state index contributed by atoms with van der Waals surface area (Å²) in [4.78, 5) is 12.1. The number of rotatable bonds is 3. The first-order chi connectivity index (χ1) is 10.4. The molecule has 1 aliphatic carbocycles. The first kappa shape index (κ1) is 15.5. The van der Waals surface area contributed by atoms with Gasteiger partial charge in [-0.15, -0.1) is 0 Å². The molecule has 1 aliphatic heterocycles. The summed E-state index contributed by atoms with van der Waals surface area (Å²) in [5.41, 5.74) is 0.789. The van der Waals surface area contributed by atoms with Crippen molar-refractivity contribution in [1.82, 2.24) is 0 Å². The minimum atomic E-state index is -0.674. The molecule has 22 heavy (non-hydrogen) atoms. The number of carbonyl (C=O) groups is 1. The fourth-order valence-corrected chi connectivity index (χ4v) is 2.65. The van der Waals surface area contributed by atoms with Crippen LogP contribution in [0.25, 0.3) is 0 Å². The van der Waals surface area contributed by atoms with Crippen molar-refractivity contribution in [3.05, 3.63) is 35.9 Å². The lowest BCUT2D eigenvalue weighted by atomic mass is 9.96. The van der Waals surface area contributed by atoms with E-state index in [1.54, 1.807) is 0 Å². The molecule has 0 radical (unpaired) electrons. The van der Waals surface area contributed by atoms with Crippen LogP contribution in [0.4, 0.5) is 0 Å². The molecule has 2 aliphatic rings. The lowest BCUT2D eigenvalue weighted by Crippen LogP contribution is -2.29. The molecule has 0 aromatic heterocycles. The number of hydrogen-bond donors (Lipinski definition) is 0. The lowest BCUT2D eigenvalue weighted by molar-refractivity contribution is -0.191. The number of hydrogen-bond acceptors (Lipinski definition) is 4. The van der Waals surface area contributed by atoms with E-state index in [-0.39, 0.29) is 23.4 Å². The van der Waals surface area contributed by atoms with Gasteiger partial charge in [0.25, 0.3) is 0 Å². The molecule has 120 valence electrons. The summed E-state index contributed by atoms with van der Waals surface area (Å²) in [6, 6.07) is 9.79. The second-order valence-electron chi connectivity index (χ2n) is 7.43. The van der Waals surface area contributed by atoms with Crippen LogP contribution in [0.1, 0.15) is 45.8 Å². The minimum Gasteiger partial charge on any atom is -0.432 e. The van der Waals surface area contributed by atoms with E-state index in [0.717, 1.165) is 12.0 Å². The van der Waals surface area contributed by atoms with Crippen LogP contribution in [-0.2, 0) is 19.0 Å². The molecule has 2 unspecified atom stereocenters. The molecule has 3 rings (SSSR count). The topological polar surface area (TPSA) is 44.8 Å². The summed E-state index contributed by atoms with van der Waals surface area (Å²) >= 11 is 0. The van der Waals surface area contributed by atoms with Crippen molar-refractivity contribution in [2.24, 2.45) is 17.3 Å². The van der Waals surface area contributed by atoms with Crippen molar-refractivity contribution in [3.63, 3.8) is 0 Å². The standard InChI is InChI=1S/C18H24O4/c1-11-10-13(11)15(19)21-16-14(12-8-6-5-7-9-12)20-17(22-16)18(2,3)4/h5-9,11,13-14,16-17H,10H2,1-4H3/t11?,13?,14-,16-,17-/m0/s1. The molecule has 4 heteroatoms. The molecule has 5 atom stereocenters. The second-order valence-corrected chi connectivity index (χ2v) is 7.43. The highest BCUT2D eigenvalue weighted by Crippen LogP contribution is 2.43. The molecule has 1 aromatic carbocycles. The van der Waals surface area contributed by atoms with E-state index in [1.807, 2.05) is 51.1 Å². The van der Waals surface area contributed by atoms with Crippen molar-refractivity contribution < 1.29 is 19.0 Å². The summed E-state index contributed by atoms with van der Waals surface area (Å²) in [6.45, 7) is 8.21. The Hall–Kier alpha value is -1.39. The Labute approximate surface area is 131 Å². The molecule has 0 amide bonds. The van der Waals surface area contributed by atoms with Crippen LogP contribution in [-0.4, -0.2) is 18.5 Å². The smallest absolute Gasteiger partial charge is 0.311 e. The Morgan fingerprint density at radius 3 is 2.36 bits per heavy atom. The van der Waals surface area contributed by atoms with Gasteiger partial charge in [-0.3, -0.25) is 4.79 Å². The molecular formula is C18H24O4. The van der Waals surface area contributed by atoms with Crippen molar-refractivity contribution in [3.8, 4) is 0 Å². The zero-order chi connectivity index (χ0) is 15.9. The largest absolute Gasteiger partial charge is 0.432 e. The maximum atomic E-state index is 12.1. The average molecular weight is 304 g/mol. The Bertz CT molecular complexity index is 534. The van der Waals surface area contributed by atoms with Gasteiger partial charge in [0.15, 0.2) is 6.29 Å². The number of esters is 1. The van der Waals surface area contributed by atoms with Crippen molar-refractivity contribution >= 4 is 5.97 Å². The van der Waals surface area contributed by atoms with E-state index in [2.05, 4.69) is 6.92 Å². The van der Waals surface area contributed by atoms with Crippen molar-refractivity contribution in [2.45, 2.75) is 52.8 Å². The van der Waals surface area contributed by atoms with Gasteiger partial charge in [0.05, 0.1) is 5.92 Å². The Morgan fingerprint density at radius 2 is 1.82 bits per heavy atom. The molecule has 2 fully saturated rings. The Morgan fingerprint density at radius 1 is 1.18 bits per heavy atom. The summed E-state index contributed by atoms with van der Waals surface area (Å²) in [7, 11) is 0. The summed E-state index contributed by atoms with van der Waals surface area (Å²) in [6.07, 6.45) is -0.534. The molecule has 1 saturated carbocycles. The third-order valence-electron chi connectivity index (χ3n) is 4.25. The summed E-state index contributed by atoms with van der Waals surface area (Å²) in [5.74, 6) is 0.272. The van der Waals surface area contributed by atoms with Gasteiger partial charge in [-0.05, 0) is 17.9 Å². The number of ether oxygens (including phenoxy) is 3. The fourth-order valence-electron chi connectivity index (χ4n) is 2.65. The van der Waals surface area contributed by atoms with Gasteiger partial charge in [0.2, 0.25) is 6.29 Å². The Balaban J connectivity index is 1.76. The summed E-state index contributed by atoms with van der Waals surface area (Å²) < 4.78 is 17.6. The number of benzene rings is 1. The third-order valence-corrected chi connectivity index (χ3v) is 4.25. The maximum absolute atomic E-state index is 12.1. The van der Waals surface area contributed by atoms with E-state index in [1.165, 1.54) is 0 Å². The SMILES string of the molecule is CC1CC1C(=O)O[C@H]1O[C@@H](C(C)(C)C)O[C@H]1c1ccccc1. The van der Waals surface area contributed by atoms with Crippen molar-refractivity contribution in [1.29, 1.82) is 0 Å². The average Bonchev–Trinajstić information content (AvgIpc) is 3.04. The van der Waals surface area contributed by atoms with Gasteiger partial charge in [-0.1, -0.05) is 58.0 Å². The molecule has 1 heterocycles. The second kappa shape index (κ2) is 5.67. The maximum Gasteiger partial charge on any atom is 0.311 e. The monoisotopic (exact) mass is 304 g/mol. The predicted octanol–water partition coefficient (Wildman–Crippen LogP) is 3.67. The van der Waals surface area contributed by atoms with E-state index >= 15 is 0 Å². The van der Waals surface area contributed by atoms with E-state index in [9.17, 15) is 4.79 Å². The van der Waals surface area contributed by atoms with Crippen LogP contribution in [0, 0.1) is 17.3 Å². The molecule has 4 nitrogen and oxygen atoms in total. The molecule has 0 N–H and O–H groups in total. The molecule has 1 aromatic rings. The highest BCUT2D eigenvalue weighted by Gasteiger charge is 2.47. The van der Waals surface area contributed by atoms with Crippen LogP contribution >= 0.6 is 0 Å². The van der Waals surface area contributed by atoms with Crippen LogP contribution in [0.2, 0.25) is 0 Å². The lowest BCUT2D eigenvalue weighted by Gasteiger charge is -2.24. The Kier molecular flexibility index (Phi) is 4.00. The summed E-state index contributed by atoms with van der Waals surface area (Å²) in [5, 5.41) is 0. The minimum absolute atomic E-state index is 0.0220. The van der Waals surface area contributed by atoms with Crippen molar-refractivity contribution in [2.75, 3.05) is 0 Å². The molecule has 1 saturated heterocycles. The quantitative estimate of drug-likeness (QED) is 0.799. The third kappa shape index (κ3) is 3.18. The highest BCUT2D eigenvalue weighted by molar-refractivity contribution is 5.75. The first-order valence-corrected chi connectivity index (χ1v) is 7.92. The van der Waals surface area contributed by atoms with Gasteiger partial charge in [0.1, 0.15) is 6.10 Å². The van der Waals surface area contributed by atoms with Gasteiger partial charge in [-0.25, -0.2) is 0 Å². The number of carbonyl (C=O) groups excluding carboxylic acids is 1. The van der Waals surface area contributed by atoms with Gasteiger partial charge in [0, 0.05) is 5.41 Å². The fraction of sp³-hybridized carbons (Fsp3) is 0.611. The first-order valence-electron chi connectivity index (χ1n) is 7.92. The van der Waals surface area contributed by atoms with Gasteiger partial charge in [-0.2, -0.15) is 0 Å². The van der Waals surface area contributed by atoms with E-state index < -0.39 is 12.6 Å². The molecule has 0 spiro atoms. The van der Waals surface area contributed by atoms with Crippen LogP contribution in [0.3, 0.4) is 0 Å². The zero-order valence-corrected chi connectivity index (χ0v) is 13.6. The van der Waals surface area contributed by atoms with Crippen LogP contribution < -0.4 is 0 Å². The zero-order valence-electron chi connectivity index (χ0n) is 13.6. The van der Waals surface area contributed by atoms with E-state index in [4.69, 9.17) is 14.2 Å². The molecular weight excluding hydrogens is 280 g/mol. The highest BCUT2D eigenvalue weighted by atomic mass is 16.8. The van der Waals surface area contributed by atoms with Crippen LogP contribution in [0.15, 0.2) is 30.3 Å². The molecule has 0 bridgehead atoms. The van der Waals surface area contributed by atoms with E-state index in [0.29, 0.717) is 5.92 Å². The van der Waals surface area contributed by atoms with Crippen LogP contribution in [0.5, 0.6) is 0 Å². The van der Waals surface area contributed by atoms with Gasteiger partial charge >= 0.3 is 5.97 Å². The van der Waals surface area contributed by atoms with Gasteiger partial charge < -0.3 is 14.2 Å². The normalized spacial score (nSPS) is 34.5. The predicted molar refractivity (Wildman–Crippen MR) is 81.7 cm³/mol.